The number of aromatic nitrogens is 6. The average molecular weight is 554 g/mol. The Morgan fingerprint density at radius 1 is 1.25 bits per heavy atom. The fourth-order valence-electron chi connectivity index (χ4n) is 4.17. The van der Waals surface area contributed by atoms with Gasteiger partial charge in [0.1, 0.15) is 5.69 Å². The van der Waals surface area contributed by atoms with E-state index in [4.69, 9.17) is 4.52 Å². The van der Waals surface area contributed by atoms with Crippen LogP contribution in [0.3, 0.4) is 0 Å². The van der Waals surface area contributed by atoms with Gasteiger partial charge in [-0.2, -0.15) is 10.1 Å². The highest BCUT2D eigenvalue weighted by atomic mass is 19.4. The van der Waals surface area contributed by atoms with Crippen LogP contribution in [0, 0.1) is 0 Å². The van der Waals surface area contributed by atoms with Crippen LogP contribution in [0.25, 0.3) is 22.8 Å². The van der Waals surface area contributed by atoms with Crippen molar-refractivity contribution in [3.63, 3.8) is 0 Å². The van der Waals surface area contributed by atoms with Gasteiger partial charge in [-0.1, -0.05) is 17.8 Å². The highest BCUT2D eigenvalue weighted by molar-refractivity contribution is 6.03. The Bertz CT molecular complexity index is 1540. The Kier molecular flexibility index (Phi) is 7.27. The molecule has 0 saturated carbocycles. The van der Waals surface area contributed by atoms with Gasteiger partial charge in [-0.05, 0) is 43.2 Å². The van der Waals surface area contributed by atoms with Crippen molar-refractivity contribution in [2.75, 3.05) is 18.4 Å². The molecule has 5 rings (SSSR count). The Hall–Kier alpha value is -5.08. The van der Waals surface area contributed by atoms with Crippen LogP contribution in [0.15, 0.2) is 59.9 Å². The molecule has 1 aliphatic rings. The van der Waals surface area contributed by atoms with Gasteiger partial charge in [0, 0.05) is 31.0 Å². The van der Waals surface area contributed by atoms with E-state index in [0.29, 0.717) is 37.3 Å². The van der Waals surface area contributed by atoms with Gasteiger partial charge in [0.2, 0.25) is 17.6 Å². The first-order valence-electron chi connectivity index (χ1n) is 12.0. The molecule has 0 aliphatic carbocycles. The number of carbonyl (C=O) groups excluding carboxylic acids is 2. The maximum absolute atomic E-state index is 13.2. The van der Waals surface area contributed by atoms with Crippen molar-refractivity contribution >= 4 is 17.6 Å². The maximum atomic E-state index is 13.2. The van der Waals surface area contributed by atoms with Crippen molar-refractivity contribution in [1.82, 2.24) is 35.2 Å². The maximum Gasteiger partial charge on any atom is 0.573 e. The van der Waals surface area contributed by atoms with Crippen LogP contribution in [-0.4, -0.2) is 66.5 Å². The number of hydrogen-bond acceptors (Lipinski definition) is 9. The highest BCUT2D eigenvalue weighted by Crippen LogP contribution is 2.33. The molecule has 12 nitrogen and oxygen atoms in total. The third kappa shape index (κ3) is 5.98. The first-order valence-corrected chi connectivity index (χ1v) is 12.0. The van der Waals surface area contributed by atoms with Crippen molar-refractivity contribution in [2.24, 2.45) is 0 Å². The van der Waals surface area contributed by atoms with Crippen LogP contribution >= 0.6 is 0 Å². The highest BCUT2D eigenvalue weighted by Gasteiger charge is 2.34. The second-order valence-corrected chi connectivity index (χ2v) is 8.73. The molecule has 4 aromatic rings. The molecule has 0 spiro atoms. The normalized spacial score (nSPS) is 15.5. The van der Waals surface area contributed by atoms with Crippen LogP contribution < -0.4 is 10.1 Å². The van der Waals surface area contributed by atoms with Gasteiger partial charge in [-0.25, -0.2) is 9.97 Å². The van der Waals surface area contributed by atoms with Gasteiger partial charge in [0.15, 0.2) is 11.6 Å². The Labute approximate surface area is 224 Å². The Balaban J connectivity index is 1.38. The number of piperidine rings is 1. The topological polar surface area (TPSA) is 152 Å². The zero-order valence-corrected chi connectivity index (χ0v) is 20.7. The quantitative estimate of drug-likeness (QED) is 0.323. The summed E-state index contributed by atoms with van der Waals surface area (Å²) in [4.78, 5) is 38.9. The number of anilines is 1. The number of pyridine rings is 2. The first-order chi connectivity index (χ1) is 19.2. The monoisotopic (exact) mass is 554 g/mol. The number of rotatable bonds is 7. The summed E-state index contributed by atoms with van der Waals surface area (Å²) in [5, 5.41) is 12.7. The van der Waals surface area contributed by atoms with E-state index in [9.17, 15) is 22.8 Å². The van der Waals surface area contributed by atoms with Crippen LogP contribution in [0.1, 0.15) is 35.1 Å². The number of carbonyl (C=O) groups is 2. The lowest BCUT2D eigenvalue weighted by atomic mass is 9.98. The summed E-state index contributed by atoms with van der Waals surface area (Å²) in [5.74, 6) is -2.36. The fraction of sp³-hybridized carbons (Fsp3) is 0.240. The molecule has 40 heavy (non-hydrogen) atoms. The molecule has 5 heterocycles. The molecule has 0 bridgehead atoms. The molecule has 0 unspecified atom stereocenters. The SMILES string of the molecule is C=CC(=O)N1CCC[C@H](c2nc(-c3cnc(NC(=O)c4cccc(-c5ccn[nH]5)n4)c(OC(F)(F)F)c3)no2)C1. The summed E-state index contributed by atoms with van der Waals surface area (Å²) in [5.41, 5.74) is 0.936. The molecule has 2 amide bonds. The number of nitrogens with zero attached hydrogens (tertiary/aromatic N) is 6. The predicted molar refractivity (Wildman–Crippen MR) is 133 cm³/mol. The van der Waals surface area contributed by atoms with Gasteiger partial charge < -0.3 is 19.5 Å². The van der Waals surface area contributed by atoms with E-state index in [1.807, 2.05) is 0 Å². The molecule has 0 aromatic carbocycles. The Morgan fingerprint density at radius 3 is 2.85 bits per heavy atom. The number of alkyl halides is 3. The van der Waals surface area contributed by atoms with Gasteiger partial charge >= 0.3 is 6.36 Å². The number of amides is 2. The van der Waals surface area contributed by atoms with Crippen LogP contribution in [0.2, 0.25) is 0 Å². The third-order valence-electron chi connectivity index (χ3n) is 6.03. The van der Waals surface area contributed by atoms with Crippen molar-refractivity contribution in [3.8, 4) is 28.5 Å². The zero-order chi connectivity index (χ0) is 28.3. The fourth-order valence-corrected chi connectivity index (χ4v) is 4.17. The summed E-state index contributed by atoms with van der Waals surface area (Å²) in [6.07, 6.45) is 0.226. The molecule has 4 aromatic heterocycles. The minimum atomic E-state index is -5.08. The van der Waals surface area contributed by atoms with E-state index in [1.165, 1.54) is 24.5 Å². The lowest BCUT2D eigenvalue weighted by molar-refractivity contribution is -0.274. The van der Waals surface area contributed by atoms with Crippen molar-refractivity contribution in [1.29, 1.82) is 0 Å². The van der Waals surface area contributed by atoms with Crippen LogP contribution in [-0.2, 0) is 4.79 Å². The number of halogens is 3. The minimum absolute atomic E-state index is 0.0338. The van der Waals surface area contributed by atoms with Crippen LogP contribution in [0.4, 0.5) is 19.0 Å². The molecule has 206 valence electrons. The average Bonchev–Trinajstić information content (AvgIpc) is 3.66. The molecular weight excluding hydrogens is 533 g/mol. The van der Waals surface area contributed by atoms with E-state index < -0.39 is 23.8 Å². The smallest absolute Gasteiger partial charge is 0.402 e. The molecule has 1 aliphatic heterocycles. The molecule has 0 radical (unpaired) electrons. The molecule has 1 fully saturated rings. The first kappa shape index (κ1) is 26.5. The number of nitrogens with one attached hydrogen (secondary N) is 2. The number of H-pyrrole nitrogens is 1. The summed E-state index contributed by atoms with van der Waals surface area (Å²) >= 11 is 0. The van der Waals surface area contributed by atoms with Gasteiger partial charge in [0.05, 0.1) is 17.3 Å². The minimum Gasteiger partial charge on any atom is -0.402 e. The second-order valence-electron chi connectivity index (χ2n) is 8.73. The summed E-state index contributed by atoms with van der Waals surface area (Å²) < 4.78 is 49.2. The summed E-state index contributed by atoms with van der Waals surface area (Å²) in [6, 6.07) is 7.23. The van der Waals surface area contributed by atoms with E-state index in [-0.39, 0.29) is 34.8 Å². The number of likely N-dealkylation sites (tertiary alicyclic amines) is 1. The second kappa shape index (κ2) is 11.0. The van der Waals surface area contributed by atoms with Crippen molar-refractivity contribution in [3.05, 3.63) is 67.0 Å². The molecular formula is C25H21F3N8O4. The van der Waals surface area contributed by atoms with E-state index in [0.717, 1.165) is 6.07 Å². The number of hydrogen-bond donors (Lipinski definition) is 2. The molecule has 1 atom stereocenters. The molecule has 15 heteroatoms. The van der Waals surface area contributed by atoms with E-state index >= 15 is 0 Å². The lowest BCUT2D eigenvalue weighted by Crippen LogP contribution is -2.38. The molecule has 1 saturated heterocycles. The van der Waals surface area contributed by atoms with Crippen molar-refractivity contribution in [2.45, 2.75) is 25.1 Å². The standard InChI is InChI=1S/C25H21F3N8O4/c1-2-20(37)36-10-4-5-14(13-36)24-33-21(35-40-24)15-11-19(39-25(26,27)28)22(29-12-15)32-23(38)18-7-3-6-16(31-18)17-8-9-30-34-17/h2-3,6-9,11-12,14H,1,4-5,10,13H2,(H,30,34)(H,29,32,38)/t14-/m0/s1. The Morgan fingerprint density at radius 2 is 2.10 bits per heavy atom. The largest absolute Gasteiger partial charge is 0.573 e. The summed E-state index contributed by atoms with van der Waals surface area (Å²) in [7, 11) is 0. The molecule has 2 N–H and O–H groups in total. The van der Waals surface area contributed by atoms with Crippen LogP contribution in [0.5, 0.6) is 5.75 Å². The van der Waals surface area contributed by atoms with Gasteiger partial charge in [0.25, 0.3) is 5.91 Å². The summed E-state index contributed by atoms with van der Waals surface area (Å²) in [6.45, 7) is 4.40. The number of aromatic amines is 1. The van der Waals surface area contributed by atoms with Gasteiger partial charge in [-0.15, -0.1) is 13.2 Å². The predicted octanol–water partition coefficient (Wildman–Crippen LogP) is 3.96. The van der Waals surface area contributed by atoms with Crippen molar-refractivity contribution < 1.29 is 32.0 Å². The third-order valence-corrected chi connectivity index (χ3v) is 6.03. The lowest BCUT2D eigenvalue weighted by Gasteiger charge is -2.30. The van der Waals surface area contributed by atoms with Gasteiger partial charge in [-0.3, -0.25) is 14.7 Å². The zero-order valence-electron chi connectivity index (χ0n) is 20.7. The van der Waals surface area contributed by atoms with E-state index in [1.54, 1.807) is 23.1 Å². The number of ether oxygens (including phenoxy) is 1. The van der Waals surface area contributed by atoms with E-state index in [2.05, 4.69) is 46.9 Å².